The third-order valence-electron chi connectivity index (χ3n) is 3.47. The molecule has 1 aromatic carbocycles. The molecule has 6 heteroatoms. The normalized spacial score (nSPS) is 21.6. The molecule has 110 valence electrons. The van der Waals surface area contributed by atoms with Gasteiger partial charge >= 0.3 is 0 Å². The molecular weight excluding hydrogens is 281 g/mol. The fraction of sp³-hybridized carbons (Fsp3) is 0.500. The van der Waals surface area contributed by atoms with Crippen molar-refractivity contribution in [2.24, 2.45) is 0 Å². The van der Waals surface area contributed by atoms with Gasteiger partial charge in [0, 0.05) is 25.4 Å². The number of ketones is 1. The van der Waals surface area contributed by atoms with E-state index in [0.717, 1.165) is 11.1 Å². The SMILES string of the molecule is Cc1cc(F)ccc1CC(=O)CC1CS(=O)(=O)CCN1. The van der Waals surface area contributed by atoms with Gasteiger partial charge in [-0.25, -0.2) is 12.8 Å². The van der Waals surface area contributed by atoms with Crippen LogP contribution in [0.3, 0.4) is 0 Å². The van der Waals surface area contributed by atoms with Crippen molar-refractivity contribution < 1.29 is 17.6 Å². The van der Waals surface area contributed by atoms with Crippen molar-refractivity contribution in [1.29, 1.82) is 0 Å². The van der Waals surface area contributed by atoms with Crippen LogP contribution in [0.25, 0.3) is 0 Å². The molecule has 0 aliphatic carbocycles. The van der Waals surface area contributed by atoms with Gasteiger partial charge in [0.05, 0.1) is 11.5 Å². The summed E-state index contributed by atoms with van der Waals surface area (Å²) in [4.78, 5) is 12.0. The van der Waals surface area contributed by atoms with Gasteiger partial charge in [0.1, 0.15) is 11.6 Å². The molecule has 1 unspecified atom stereocenters. The van der Waals surface area contributed by atoms with Crippen molar-refractivity contribution in [3.05, 3.63) is 35.1 Å². The number of benzene rings is 1. The highest BCUT2D eigenvalue weighted by Gasteiger charge is 2.25. The number of sulfone groups is 1. The van der Waals surface area contributed by atoms with Crippen molar-refractivity contribution in [3.63, 3.8) is 0 Å². The van der Waals surface area contributed by atoms with Crippen LogP contribution in [0.5, 0.6) is 0 Å². The van der Waals surface area contributed by atoms with Crippen LogP contribution in [0, 0.1) is 12.7 Å². The van der Waals surface area contributed by atoms with Crippen molar-refractivity contribution in [1.82, 2.24) is 5.32 Å². The van der Waals surface area contributed by atoms with Crippen molar-refractivity contribution in [3.8, 4) is 0 Å². The Kier molecular flexibility index (Phi) is 4.55. The van der Waals surface area contributed by atoms with E-state index >= 15 is 0 Å². The molecule has 2 rings (SSSR count). The highest BCUT2D eigenvalue weighted by Crippen LogP contribution is 2.13. The minimum atomic E-state index is -3.03. The highest BCUT2D eigenvalue weighted by molar-refractivity contribution is 7.91. The maximum atomic E-state index is 13.0. The second-order valence-electron chi connectivity index (χ2n) is 5.26. The van der Waals surface area contributed by atoms with Crippen molar-refractivity contribution in [2.45, 2.75) is 25.8 Å². The standard InChI is InChI=1S/C14H18FNO3S/c1-10-6-12(15)3-2-11(10)7-14(17)8-13-9-20(18,19)5-4-16-13/h2-3,6,13,16H,4-5,7-9H2,1H3. The van der Waals surface area contributed by atoms with Gasteiger partial charge in [-0.15, -0.1) is 0 Å². The summed E-state index contributed by atoms with van der Waals surface area (Å²) in [6.07, 6.45) is 0.403. The lowest BCUT2D eigenvalue weighted by Crippen LogP contribution is -2.46. The van der Waals surface area contributed by atoms with E-state index in [-0.39, 0.29) is 42.0 Å². The summed E-state index contributed by atoms with van der Waals surface area (Å²) in [5, 5.41) is 3.06. The molecule has 1 heterocycles. The van der Waals surface area contributed by atoms with Gasteiger partial charge in [-0.05, 0) is 30.2 Å². The Morgan fingerprint density at radius 2 is 2.20 bits per heavy atom. The van der Waals surface area contributed by atoms with E-state index in [4.69, 9.17) is 0 Å². The van der Waals surface area contributed by atoms with Crippen LogP contribution in [0.2, 0.25) is 0 Å². The lowest BCUT2D eigenvalue weighted by Gasteiger charge is -2.23. The summed E-state index contributed by atoms with van der Waals surface area (Å²) in [6.45, 7) is 2.16. The first-order chi connectivity index (χ1) is 9.35. The average Bonchev–Trinajstić information content (AvgIpc) is 2.31. The topological polar surface area (TPSA) is 63.2 Å². The summed E-state index contributed by atoms with van der Waals surface area (Å²) >= 11 is 0. The molecular formula is C14H18FNO3S. The summed E-state index contributed by atoms with van der Waals surface area (Å²) in [5.41, 5.74) is 1.53. The lowest BCUT2D eigenvalue weighted by atomic mass is 10.00. The zero-order valence-corrected chi connectivity index (χ0v) is 12.2. The first kappa shape index (κ1) is 15.1. The maximum absolute atomic E-state index is 13.0. The van der Waals surface area contributed by atoms with Gasteiger partial charge in [0.2, 0.25) is 0 Å². The van der Waals surface area contributed by atoms with E-state index in [1.165, 1.54) is 12.1 Å². The van der Waals surface area contributed by atoms with Crippen LogP contribution in [-0.2, 0) is 21.1 Å². The number of rotatable bonds is 4. The molecule has 4 nitrogen and oxygen atoms in total. The van der Waals surface area contributed by atoms with E-state index in [9.17, 15) is 17.6 Å². The second kappa shape index (κ2) is 6.01. The number of carbonyl (C=O) groups is 1. The van der Waals surface area contributed by atoms with E-state index in [0.29, 0.717) is 6.54 Å². The van der Waals surface area contributed by atoms with Crippen molar-refractivity contribution >= 4 is 15.6 Å². The van der Waals surface area contributed by atoms with Gasteiger partial charge < -0.3 is 5.32 Å². The summed E-state index contributed by atoms with van der Waals surface area (Å²) in [7, 11) is -3.03. The van der Waals surface area contributed by atoms with E-state index in [2.05, 4.69) is 5.32 Å². The number of hydrogen-bond donors (Lipinski definition) is 1. The molecule has 20 heavy (non-hydrogen) atoms. The Bertz CT molecular complexity index is 613. The van der Waals surface area contributed by atoms with Crippen LogP contribution < -0.4 is 5.32 Å². The zero-order valence-electron chi connectivity index (χ0n) is 11.4. The number of aryl methyl sites for hydroxylation is 1. The molecule has 1 N–H and O–H groups in total. The van der Waals surface area contributed by atoms with Crippen LogP contribution in [0.15, 0.2) is 18.2 Å². The summed E-state index contributed by atoms with van der Waals surface area (Å²) in [5.74, 6) is -0.205. The van der Waals surface area contributed by atoms with Crippen LogP contribution in [-0.4, -0.2) is 38.3 Å². The summed E-state index contributed by atoms with van der Waals surface area (Å²) < 4.78 is 36.0. The number of halogens is 1. The van der Waals surface area contributed by atoms with Gasteiger partial charge in [-0.1, -0.05) is 6.07 Å². The molecule has 1 aromatic rings. The highest BCUT2D eigenvalue weighted by atomic mass is 32.2. The quantitative estimate of drug-likeness (QED) is 0.902. The molecule has 1 atom stereocenters. The number of nitrogens with one attached hydrogen (secondary N) is 1. The van der Waals surface area contributed by atoms with Crippen LogP contribution >= 0.6 is 0 Å². The smallest absolute Gasteiger partial charge is 0.153 e. The molecule has 0 spiro atoms. The molecule has 0 bridgehead atoms. The Balaban J connectivity index is 1.95. The molecule has 1 aliphatic rings. The maximum Gasteiger partial charge on any atom is 0.153 e. The van der Waals surface area contributed by atoms with Crippen molar-refractivity contribution in [2.75, 3.05) is 18.1 Å². The lowest BCUT2D eigenvalue weighted by molar-refractivity contribution is -0.118. The predicted molar refractivity (Wildman–Crippen MR) is 74.9 cm³/mol. The third-order valence-corrected chi connectivity index (χ3v) is 5.20. The van der Waals surface area contributed by atoms with Crippen LogP contribution in [0.1, 0.15) is 17.5 Å². The fourth-order valence-electron chi connectivity index (χ4n) is 2.42. The van der Waals surface area contributed by atoms with E-state index < -0.39 is 9.84 Å². The van der Waals surface area contributed by atoms with Crippen LogP contribution in [0.4, 0.5) is 4.39 Å². The molecule has 0 saturated carbocycles. The Morgan fingerprint density at radius 3 is 2.85 bits per heavy atom. The van der Waals surface area contributed by atoms with Gasteiger partial charge in [0.25, 0.3) is 0 Å². The van der Waals surface area contributed by atoms with E-state index in [1.807, 2.05) is 0 Å². The minimum absolute atomic E-state index is 0.0150. The second-order valence-corrected chi connectivity index (χ2v) is 7.48. The zero-order chi connectivity index (χ0) is 14.8. The number of hydrogen-bond acceptors (Lipinski definition) is 4. The minimum Gasteiger partial charge on any atom is -0.312 e. The Morgan fingerprint density at radius 1 is 1.45 bits per heavy atom. The Hall–Kier alpha value is -1.27. The molecule has 1 fully saturated rings. The first-order valence-corrected chi connectivity index (χ1v) is 8.38. The average molecular weight is 299 g/mol. The largest absolute Gasteiger partial charge is 0.312 e. The fourth-order valence-corrected chi connectivity index (χ4v) is 3.86. The molecule has 0 aromatic heterocycles. The predicted octanol–water partition coefficient (Wildman–Crippen LogP) is 1.02. The first-order valence-electron chi connectivity index (χ1n) is 6.56. The molecule has 0 radical (unpaired) electrons. The van der Waals surface area contributed by atoms with E-state index in [1.54, 1.807) is 13.0 Å². The van der Waals surface area contributed by atoms with Gasteiger partial charge in [-0.3, -0.25) is 4.79 Å². The van der Waals surface area contributed by atoms with Gasteiger partial charge in [0.15, 0.2) is 9.84 Å². The molecule has 1 aliphatic heterocycles. The monoisotopic (exact) mass is 299 g/mol. The summed E-state index contributed by atoms with van der Waals surface area (Å²) in [6, 6.07) is 4.03. The Labute approximate surface area is 118 Å². The number of Topliss-reactive ketones (excluding diaryl/α,β-unsaturated/α-hetero) is 1. The molecule has 0 amide bonds. The number of carbonyl (C=O) groups excluding carboxylic acids is 1. The van der Waals surface area contributed by atoms with Gasteiger partial charge in [-0.2, -0.15) is 0 Å². The molecule has 1 saturated heterocycles. The third kappa shape index (κ3) is 4.11.